The van der Waals surface area contributed by atoms with Crippen molar-refractivity contribution in [3.05, 3.63) is 211 Å². The maximum Gasteiger partial charge on any atom is 0.0504 e. The van der Waals surface area contributed by atoms with E-state index >= 15 is 0 Å². The highest BCUT2D eigenvalue weighted by molar-refractivity contribution is 6.20. The number of nitrogens with one attached hydrogen (secondary N) is 1. The molecule has 0 aliphatic carbocycles. The fraction of sp³-hybridized carbons (Fsp3) is 0.0400. The lowest BCUT2D eigenvalue weighted by atomic mass is 9.89. The monoisotopic (exact) mass is 666 g/mol. The molecule has 0 radical (unpaired) electrons. The van der Waals surface area contributed by atoms with Gasteiger partial charge in [0.2, 0.25) is 0 Å². The van der Waals surface area contributed by atoms with Gasteiger partial charge < -0.3 is 11.1 Å². The Morgan fingerprint density at radius 2 is 1.12 bits per heavy atom. The quantitative estimate of drug-likeness (QED) is 0.125. The van der Waals surface area contributed by atoms with Gasteiger partial charge in [0, 0.05) is 17.8 Å². The van der Waals surface area contributed by atoms with Gasteiger partial charge in [-0.1, -0.05) is 176 Å². The summed E-state index contributed by atoms with van der Waals surface area (Å²) >= 11 is 0. The normalized spacial score (nSPS) is 12.4. The number of benzene rings is 9. The van der Waals surface area contributed by atoms with Gasteiger partial charge in [0.05, 0.1) is 6.04 Å². The Morgan fingerprint density at radius 3 is 1.94 bits per heavy atom. The second-order valence-corrected chi connectivity index (χ2v) is 13.5. The van der Waals surface area contributed by atoms with Crippen molar-refractivity contribution in [2.75, 3.05) is 0 Å². The van der Waals surface area contributed by atoms with E-state index in [1.165, 1.54) is 65.3 Å². The molecule has 0 fully saturated rings. The SMILES string of the molecule is NC(/C=C(\NCc1ccc(-c2c3ccccc3cc3c2ccc2ccccc23)cc1)c1ccccc1-c1ccc2ccccc2c1)c1ccccc1. The smallest absolute Gasteiger partial charge is 0.0504 e. The van der Waals surface area contributed by atoms with E-state index in [1.807, 2.05) is 18.2 Å². The first kappa shape index (κ1) is 31.5. The summed E-state index contributed by atoms with van der Waals surface area (Å²) in [6.07, 6.45) is 2.16. The lowest BCUT2D eigenvalue weighted by molar-refractivity contribution is 0.858. The second kappa shape index (κ2) is 13.7. The molecule has 9 aromatic rings. The Morgan fingerprint density at radius 1 is 0.481 bits per heavy atom. The minimum atomic E-state index is -0.272. The van der Waals surface area contributed by atoms with E-state index in [1.54, 1.807) is 0 Å². The Balaban J connectivity index is 1.08. The number of hydrogen-bond acceptors (Lipinski definition) is 2. The van der Waals surface area contributed by atoms with Crippen LogP contribution in [0.3, 0.4) is 0 Å². The van der Waals surface area contributed by atoms with Crippen LogP contribution in [0, 0.1) is 0 Å². The zero-order chi connectivity index (χ0) is 34.9. The van der Waals surface area contributed by atoms with Gasteiger partial charge in [-0.05, 0) is 94.7 Å². The molecule has 1 atom stereocenters. The largest absolute Gasteiger partial charge is 0.381 e. The van der Waals surface area contributed by atoms with E-state index in [0.29, 0.717) is 6.54 Å². The first-order valence-corrected chi connectivity index (χ1v) is 18.0. The summed E-state index contributed by atoms with van der Waals surface area (Å²) in [4.78, 5) is 0. The number of nitrogens with two attached hydrogens (primary N) is 1. The fourth-order valence-corrected chi connectivity index (χ4v) is 7.64. The molecule has 0 saturated carbocycles. The van der Waals surface area contributed by atoms with E-state index in [-0.39, 0.29) is 6.04 Å². The van der Waals surface area contributed by atoms with Gasteiger partial charge in [0.15, 0.2) is 0 Å². The highest BCUT2D eigenvalue weighted by atomic mass is 14.9. The molecule has 2 nitrogen and oxygen atoms in total. The molecule has 9 rings (SSSR count). The first-order chi connectivity index (χ1) is 25.7. The van der Waals surface area contributed by atoms with E-state index in [4.69, 9.17) is 5.73 Å². The van der Waals surface area contributed by atoms with Crippen molar-refractivity contribution in [3.8, 4) is 22.3 Å². The molecule has 0 saturated heterocycles. The molecule has 0 bridgehead atoms. The van der Waals surface area contributed by atoms with Crippen molar-refractivity contribution in [3.63, 3.8) is 0 Å². The van der Waals surface area contributed by atoms with Gasteiger partial charge in [0.1, 0.15) is 0 Å². The molecule has 0 amide bonds. The average molecular weight is 667 g/mol. The Kier molecular flexibility index (Phi) is 8.28. The molecule has 248 valence electrons. The van der Waals surface area contributed by atoms with Gasteiger partial charge in [-0.2, -0.15) is 0 Å². The summed E-state index contributed by atoms with van der Waals surface area (Å²) in [5.41, 5.74) is 16.1. The molecule has 0 heterocycles. The molecule has 0 aliphatic rings. The van der Waals surface area contributed by atoms with Crippen molar-refractivity contribution >= 4 is 48.8 Å². The van der Waals surface area contributed by atoms with Crippen LogP contribution in [0.4, 0.5) is 0 Å². The Hall–Kier alpha value is -6.48. The van der Waals surface area contributed by atoms with Crippen LogP contribution in [0.15, 0.2) is 194 Å². The van der Waals surface area contributed by atoms with Crippen molar-refractivity contribution in [1.29, 1.82) is 0 Å². The zero-order valence-electron chi connectivity index (χ0n) is 28.8. The zero-order valence-corrected chi connectivity index (χ0v) is 28.8. The van der Waals surface area contributed by atoms with Gasteiger partial charge in [-0.25, -0.2) is 0 Å². The van der Waals surface area contributed by atoms with E-state index in [2.05, 4.69) is 181 Å². The fourth-order valence-electron chi connectivity index (χ4n) is 7.64. The Labute approximate surface area is 304 Å². The van der Waals surface area contributed by atoms with Gasteiger partial charge in [-0.3, -0.25) is 0 Å². The van der Waals surface area contributed by atoms with Crippen molar-refractivity contribution in [1.82, 2.24) is 5.32 Å². The minimum absolute atomic E-state index is 0.272. The van der Waals surface area contributed by atoms with Gasteiger partial charge >= 0.3 is 0 Å². The van der Waals surface area contributed by atoms with Crippen molar-refractivity contribution in [2.45, 2.75) is 12.6 Å². The molecule has 9 aromatic carbocycles. The molecule has 2 heteroatoms. The van der Waals surface area contributed by atoms with Crippen LogP contribution in [-0.4, -0.2) is 0 Å². The van der Waals surface area contributed by atoms with Gasteiger partial charge in [-0.15, -0.1) is 0 Å². The number of hydrogen-bond donors (Lipinski definition) is 2. The lowest BCUT2D eigenvalue weighted by Crippen LogP contribution is -2.16. The predicted octanol–water partition coefficient (Wildman–Crippen LogP) is 12.5. The van der Waals surface area contributed by atoms with Crippen LogP contribution >= 0.6 is 0 Å². The van der Waals surface area contributed by atoms with E-state index in [9.17, 15) is 0 Å². The van der Waals surface area contributed by atoms with Crippen LogP contribution in [0.2, 0.25) is 0 Å². The summed E-state index contributed by atoms with van der Waals surface area (Å²) in [6, 6.07) is 67.2. The Bertz CT molecular complexity index is 2740. The topological polar surface area (TPSA) is 38.0 Å². The predicted molar refractivity (Wildman–Crippen MR) is 222 cm³/mol. The van der Waals surface area contributed by atoms with E-state index < -0.39 is 0 Å². The molecule has 52 heavy (non-hydrogen) atoms. The van der Waals surface area contributed by atoms with Crippen LogP contribution in [0.5, 0.6) is 0 Å². The highest BCUT2D eigenvalue weighted by Gasteiger charge is 2.15. The standard InChI is InChI=1S/C50H38N2/c51-48(37-14-2-1-3-15-37)32-49(45-21-11-10-19-43(45)41-27-26-35-12-4-5-16-39(35)30-41)52-33-34-22-24-38(25-23-34)50-44-20-9-7-17-40(44)31-47-42-18-8-6-13-36(42)28-29-46(47)50/h1-32,48,52H,33,51H2/b49-32-. The number of rotatable bonds is 8. The molecule has 0 aromatic heterocycles. The first-order valence-electron chi connectivity index (χ1n) is 18.0. The van der Waals surface area contributed by atoms with E-state index in [0.717, 1.165) is 22.4 Å². The lowest BCUT2D eigenvalue weighted by Gasteiger charge is -2.19. The summed E-state index contributed by atoms with van der Waals surface area (Å²) in [5.74, 6) is 0. The van der Waals surface area contributed by atoms with Crippen LogP contribution in [0.1, 0.15) is 22.7 Å². The molecule has 1 unspecified atom stereocenters. The molecular formula is C50H38N2. The molecule has 0 aliphatic heterocycles. The van der Waals surface area contributed by atoms with Crippen LogP contribution in [0.25, 0.3) is 71.0 Å². The molecule has 3 N–H and O–H groups in total. The summed E-state index contributed by atoms with van der Waals surface area (Å²) < 4.78 is 0. The second-order valence-electron chi connectivity index (χ2n) is 13.5. The third kappa shape index (κ3) is 6.00. The third-order valence-electron chi connectivity index (χ3n) is 10.3. The molecule has 0 spiro atoms. The van der Waals surface area contributed by atoms with Crippen molar-refractivity contribution < 1.29 is 0 Å². The third-order valence-corrected chi connectivity index (χ3v) is 10.3. The summed E-state index contributed by atoms with van der Waals surface area (Å²) in [6.45, 7) is 0.653. The highest BCUT2D eigenvalue weighted by Crippen LogP contribution is 2.39. The van der Waals surface area contributed by atoms with Gasteiger partial charge in [0.25, 0.3) is 0 Å². The average Bonchev–Trinajstić information content (AvgIpc) is 3.21. The van der Waals surface area contributed by atoms with Crippen molar-refractivity contribution in [2.24, 2.45) is 5.73 Å². The van der Waals surface area contributed by atoms with Crippen LogP contribution in [-0.2, 0) is 6.54 Å². The summed E-state index contributed by atoms with van der Waals surface area (Å²) in [5, 5.41) is 13.9. The number of fused-ring (bicyclic) bond motifs is 5. The molecular weight excluding hydrogens is 629 g/mol. The summed E-state index contributed by atoms with van der Waals surface area (Å²) in [7, 11) is 0. The van der Waals surface area contributed by atoms with Crippen LogP contribution < -0.4 is 11.1 Å². The maximum absolute atomic E-state index is 6.86. The maximum atomic E-state index is 6.86. The minimum Gasteiger partial charge on any atom is -0.381 e.